The summed E-state index contributed by atoms with van der Waals surface area (Å²) < 4.78 is 18.9. The predicted octanol–water partition coefficient (Wildman–Crippen LogP) is 3.84. The molecular weight excluding hydrogens is 253 g/mol. The molecule has 0 aliphatic heterocycles. The van der Waals surface area contributed by atoms with Crippen molar-refractivity contribution in [3.05, 3.63) is 65.5 Å². The van der Waals surface area contributed by atoms with Crippen LogP contribution >= 0.6 is 0 Å². The van der Waals surface area contributed by atoms with Gasteiger partial charge in [0, 0.05) is 5.56 Å². The Kier molecular flexibility index (Phi) is 4.09. The van der Waals surface area contributed by atoms with E-state index in [1.165, 1.54) is 12.1 Å². The zero-order valence-corrected chi connectivity index (χ0v) is 12.1. The van der Waals surface area contributed by atoms with Gasteiger partial charge in [0.1, 0.15) is 11.6 Å². The fraction of sp³-hybridized carbons (Fsp3) is 0.294. The average Bonchev–Trinajstić information content (AvgIpc) is 2.39. The Balaban J connectivity index is 2.45. The molecule has 0 aromatic heterocycles. The van der Waals surface area contributed by atoms with Gasteiger partial charge in [-0.25, -0.2) is 4.39 Å². The highest BCUT2D eigenvalue weighted by atomic mass is 19.1. The van der Waals surface area contributed by atoms with E-state index in [1.807, 2.05) is 45.0 Å². The zero-order chi connectivity index (χ0) is 14.8. The molecule has 0 saturated heterocycles. The van der Waals surface area contributed by atoms with E-state index in [9.17, 15) is 4.39 Å². The van der Waals surface area contributed by atoms with Crippen molar-refractivity contribution in [2.75, 3.05) is 0 Å². The van der Waals surface area contributed by atoms with Crippen LogP contribution in [0.15, 0.2) is 48.5 Å². The Hall–Kier alpha value is -1.87. The lowest BCUT2D eigenvalue weighted by Crippen LogP contribution is -2.35. The third-order valence-corrected chi connectivity index (χ3v) is 3.25. The molecule has 106 valence electrons. The summed E-state index contributed by atoms with van der Waals surface area (Å²) in [5, 5.41) is 0. The van der Waals surface area contributed by atoms with Gasteiger partial charge < -0.3 is 10.5 Å². The van der Waals surface area contributed by atoms with Crippen LogP contribution in [0.5, 0.6) is 5.75 Å². The molecule has 0 amide bonds. The van der Waals surface area contributed by atoms with E-state index in [-0.39, 0.29) is 11.9 Å². The monoisotopic (exact) mass is 273 g/mol. The molecular formula is C17H20FNO. The molecule has 0 aliphatic carbocycles. The molecule has 1 unspecified atom stereocenters. The van der Waals surface area contributed by atoms with Crippen LogP contribution in [0.1, 0.15) is 31.9 Å². The van der Waals surface area contributed by atoms with Gasteiger partial charge in [0.25, 0.3) is 0 Å². The first kappa shape index (κ1) is 14.5. The van der Waals surface area contributed by atoms with Crippen molar-refractivity contribution in [1.29, 1.82) is 0 Å². The van der Waals surface area contributed by atoms with E-state index in [0.717, 1.165) is 16.9 Å². The minimum atomic E-state index is -0.737. The van der Waals surface area contributed by atoms with Crippen molar-refractivity contribution in [3.63, 3.8) is 0 Å². The number of benzene rings is 2. The topological polar surface area (TPSA) is 35.2 Å². The Morgan fingerprint density at radius 1 is 1.05 bits per heavy atom. The van der Waals surface area contributed by atoms with Crippen LogP contribution in [0.3, 0.4) is 0 Å². The van der Waals surface area contributed by atoms with Gasteiger partial charge >= 0.3 is 0 Å². The van der Waals surface area contributed by atoms with Gasteiger partial charge in [-0.3, -0.25) is 0 Å². The largest absolute Gasteiger partial charge is 0.491 e. The summed E-state index contributed by atoms with van der Waals surface area (Å²) in [4.78, 5) is 0. The molecule has 2 aromatic carbocycles. The van der Waals surface area contributed by atoms with Crippen molar-refractivity contribution in [3.8, 4) is 5.75 Å². The quantitative estimate of drug-likeness (QED) is 0.918. The minimum Gasteiger partial charge on any atom is -0.491 e. The summed E-state index contributed by atoms with van der Waals surface area (Å²) in [6.07, 6.45) is 0.0696. The summed E-state index contributed by atoms with van der Waals surface area (Å²) in [6.45, 7) is 5.85. The van der Waals surface area contributed by atoms with Crippen LogP contribution < -0.4 is 10.5 Å². The molecule has 0 heterocycles. The fourth-order valence-electron chi connectivity index (χ4n) is 2.20. The third-order valence-electron chi connectivity index (χ3n) is 3.25. The number of nitrogens with two attached hydrogens (primary N) is 1. The second-order valence-electron chi connectivity index (χ2n) is 5.37. The Bertz CT molecular complexity index is 576. The average molecular weight is 273 g/mol. The summed E-state index contributed by atoms with van der Waals surface area (Å²) in [5.41, 5.74) is 7.48. The van der Waals surface area contributed by atoms with Crippen LogP contribution in [0, 0.1) is 5.82 Å². The first-order valence-corrected chi connectivity index (χ1v) is 6.72. The maximum atomic E-state index is 13.1. The number of ether oxygens (including phenoxy) is 1. The number of rotatable bonds is 4. The number of hydrogen-bond donors (Lipinski definition) is 1. The van der Waals surface area contributed by atoms with E-state index in [0.29, 0.717) is 0 Å². The smallest absolute Gasteiger partial charge is 0.125 e. The molecule has 0 saturated carbocycles. The Morgan fingerprint density at radius 2 is 1.65 bits per heavy atom. The molecule has 20 heavy (non-hydrogen) atoms. The molecule has 2 N–H and O–H groups in total. The lowest BCUT2D eigenvalue weighted by atomic mass is 9.85. The van der Waals surface area contributed by atoms with E-state index >= 15 is 0 Å². The van der Waals surface area contributed by atoms with Crippen LogP contribution in [0.25, 0.3) is 0 Å². The SMILES string of the molecule is CC(C)Oc1ccccc1C(C)(N)c1ccc(F)cc1. The maximum Gasteiger partial charge on any atom is 0.125 e. The highest BCUT2D eigenvalue weighted by Gasteiger charge is 2.27. The van der Waals surface area contributed by atoms with Gasteiger partial charge in [0.2, 0.25) is 0 Å². The normalized spacial score (nSPS) is 14.1. The molecule has 0 fully saturated rings. The summed E-state index contributed by atoms with van der Waals surface area (Å²) in [5.74, 6) is 0.494. The maximum absolute atomic E-state index is 13.1. The lowest BCUT2D eigenvalue weighted by Gasteiger charge is -2.28. The van der Waals surface area contributed by atoms with Crippen molar-refractivity contribution in [1.82, 2.24) is 0 Å². The fourth-order valence-corrected chi connectivity index (χ4v) is 2.20. The number of halogens is 1. The van der Waals surface area contributed by atoms with Gasteiger partial charge in [0.15, 0.2) is 0 Å². The lowest BCUT2D eigenvalue weighted by molar-refractivity contribution is 0.237. The molecule has 2 aromatic rings. The third kappa shape index (κ3) is 2.99. The molecule has 0 spiro atoms. The molecule has 0 radical (unpaired) electrons. The van der Waals surface area contributed by atoms with E-state index in [2.05, 4.69) is 0 Å². The first-order valence-electron chi connectivity index (χ1n) is 6.72. The number of para-hydroxylation sites is 1. The van der Waals surface area contributed by atoms with Crippen LogP contribution in [-0.4, -0.2) is 6.10 Å². The van der Waals surface area contributed by atoms with Gasteiger partial charge in [-0.15, -0.1) is 0 Å². The van der Waals surface area contributed by atoms with E-state index in [4.69, 9.17) is 10.5 Å². The Morgan fingerprint density at radius 3 is 2.25 bits per heavy atom. The molecule has 3 heteroatoms. The summed E-state index contributed by atoms with van der Waals surface area (Å²) in [7, 11) is 0. The molecule has 1 atom stereocenters. The molecule has 2 rings (SSSR count). The van der Waals surface area contributed by atoms with Crippen molar-refractivity contribution in [2.45, 2.75) is 32.4 Å². The summed E-state index contributed by atoms with van der Waals surface area (Å²) in [6, 6.07) is 14.0. The highest BCUT2D eigenvalue weighted by Crippen LogP contribution is 2.33. The second kappa shape index (κ2) is 5.63. The van der Waals surface area contributed by atoms with Crippen molar-refractivity contribution in [2.24, 2.45) is 5.73 Å². The zero-order valence-electron chi connectivity index (χ0n) is 12.1. The van der Waals surface area contributed by atoms with Crippen LogP contribution in [-0.2, 0) is 5.54 Å². The predicted molar refractivity (Wildman–Crippen MR) is 79.2 cm³/mol. The number of hydrogen-bond acceptors (Lipinski definition) is 2. The highest BCUT2D eigenvalue weighted by molar-refractivity contribution is 5.45. The first-order chi connectivity index (χ1) is 9.41. The van der Waals surface area contributed by atoms with Gasteiger partial charge in [-0.2, -0.15) is 0 Å². The Labute approximate surface area is 119 Å². The minimum absolute atomic E-state index is 0.0696. The molecule has 0 bridgehead atoms. The van der Waals surface area contributed by atoms with E-state index in [1.54, 1.807) is 12.1 Å². The van der Waals surface area contributed by atoms with Gasteiger partial charge in [0.05, 0.1) is 11.6 Å². The van der Waals surface area contributed by atoms with Crippen LogP contribution in [0.2, 0.25) is 0 Å². The summed E-state index contributed by atoms with van der Waals surface area (Å²) >= 11 is 0. The molecule has 2 nitrogen and oxygen atoms in total. The molecule has 0 aliphatic rings. The van der Waals surface area contributed by atoms with Crippen molar-refractivity contribution >= 4 is 0 Å². The van der Waals surface area contributed by atoms with Gasteiger partial charge in [-0.1, -0.05) is 30.3 Å². The van der Waals surface area contributed by atoms with Crippen LogP contribution in [0.4, 0.5) is 4.39 Å². The second-order valence-corrected chi connectivity index (χ2v) is 5.37. The van der Waals surface area contributed by atoms with Crippen molar-refractivity contribution < 1.29 is 9.13 Å². The van der Waals surface area contributed by atoms with Gasteiger partial charge in [-0.05, 0) is 44.5 Å². The standard InChI is InChI=1S/C17H20FNO/c1-12(2)20-16-7-5-4-6-15(16)17(3,19)13-8-10-14(18)11-9-13/h4-12H,19H2,1-3H3. The van der Waals surface area contributed by atoms with E-state index < -0.39 is 5.54 Å².